The molecule has 0 bridgehead atoms. The topological polar surface area (TPSA) is 8.17 Å². The molecule has 2 aromatic rings. The lowest BCUT2D eigenvalue weighted by Gasteiger charge is -2.35. The number of aryl methyl sites for hydroxylation is 1. The van der Waals surface area contributed by atoms with Crippen LogP contribution in [0.4, 0.5) is 0 Å². The van der Waals surface area contributed by atoms with Gasteiger partial charge in [-0.2, -0.15) is 0 Å². The van der Waals surface area contributed by atoms with Crippen LogP contribution in [0, 0.1) is 0 Å². The summed E-state index contributed by atoms with van der Waals surface area (Å²) in [4.78, 5) is 2.61. The Morgan fingerprint density at radius 3 is 2.30 bits per heavy atom. The van der Waals surface area contributed by atoms with Crippen LogP contribution in [0.2, 0.25) is 0 Å². The van der Waals surface area contributed by atoms with Crippen molar-refractivity contribution in [3.8, 4) is 0 Å². The smallest absolute Gasteiger partial charge is 0.0360 e. The SMILES string of the molecule is CCc1ccc(C(C)C)n1C1CCN(Cc2ccccc2)CC1. The number of nitrogens with zero attached hydrogens (tertiary/aromatic N) is 2. The van der Waals surface area contributed by atoms with Gasteiger partial charge in [0.05, 0.1) is 0 Å². The highest BCUT2D eigenvalue weighted by Gasteiger charge is 2.24. The minimum absolute atomic E-state index is 0.609. The van der Waals surface area contributed by atoms with E-state index in [1.165, 1.54) is 42.9 Å². The minimum atomic E-state index is 0.609. The van der Waals surface area contributed by atoms with E-state index < -0.39 is 0 Å². The van der Waals surface area contributed by atoms with Crippen molar-refractivity contribution < 1.29 is 0 Å². The van der Waals surface area contributed by atoms with Gasteiger partial charge in [-0.25, -0.2) is 0 Å². The highest BCUT2D eigenvalue weighted by Crippen LogP contribution is 2.30. The van der Waals surface area contributed by atoms with Crippen molar-refractivity contribution in [2.75, 3.05) is 13.1 Å². The van der Waals surface area contributed by atoms with Gasteiger partial charge < -0.3 is 4.57 Å². The molecule has 124 valence electrons. The molecule has 0 atom stereocenters. The Morgan fingerprint density at radius 1 is 1.00 bits per heavy atom. The van der Waals surface area contributed by atoms with E-state index in [1.807, 2.05) is 0 Å². The predicted octanol–water partition coefficient (Wildman–Crippen LogP) is 5.01. The average Bonchev–Trinajstić information content (AvgIpc) is 3.01. The summed E-state index contributed by atoms with van der Waals surface area (Å²) in [7, 11) is 0. The monoisotopic (exact) mass is 310 g/mol. The Kier molecular flexibility index (Phi) is 5.22. The van der Waals surface area contributed by atoms with Gasteiger partial charge in [-0.1, -0.05) is 51.1 Å². The van der Waals surface area contributed by atoms with Crippen molar-refractivity contribution in [2.45, 2.75) is 58.5 Å². The molecule has 1 fully saturated rings. The molecule has 1 aliphatic heterocycles. The first kappa shape index (κ1) is 16.3. The lowest BCUT2D eigenvalue weighted by atomic mass is 10.0. The number of likely N-dealkylation sites (tertiary alicyclic amines) is 1. The van der Waals surface area contributed by atoms with Crippen molar-refractivity contribution >= 4 is 0 Å². The maximum absolute atomic E-state index is 2.66. The number of aromatic nitrogens is 1. The summed E-state index contributed by atoms with van der Waals surface area (Å²) in [6, 6.07) is 16.2. The summed E-state index contributed by atoms with van der Waals surface area (Å²) in [5, 5.41) is 0. The summed E-state index contributed by atoms with van der Waals surface area (Å²) < 4.78 is 2.66. The number of piperidine rings is 1. The van der Waals surface area contributed by atoms with Gasteiger partial charge in [-0.15, -0.1) is 0 Å². The number of hydrogen-bond donors (Lipinski definition) is 0. The van der Waals surface area contributed by atoms with Gasteiger partial charge in [0.2, 0.25) is 0 Å². The van der Waals surface area contributed by atoms with Crippen LogP contribution in [0.1, 0.15) is 62.5 Å². The Hall–Kier alpha value is -1.54. The van der Waals surface area contributed by atoms with E-state index >= 15 is 0 Å². The number of benzene rings is 1. The minimum Gasteiger partial charge on any atom is -0.345 e. The fourth-order valence-electron chi connectivity index (χ4n) is 3.89. The highest BCUT2D eigenvalue weighted by molar-refractivity contribution is 5.21. The second kappa shape index (κ2) is 7.35. The third kappa shape index (κ3) is 3.69. The quantitative estimate of drug-likeness (QED) is 0.753. The van der Waals surface area contributed by atoms with Crippen molar-refractivity contribution in [2.24, 2.45) is 0 Å². The van der Waals surface area contributed by atoms with E-state index in [-0.39, 0.29) is 0 Å². The summed E-state index contributed by atoms with van der Waals surface area (Å²) in [6.45, 7) is 10.4. The molecule has 0 aliphatic carbocycles. The maximum atomic E-state index is 2.66. The molecule has 1 aromatic heterocycles. The van der Waals surface area contributed by atoms with Crippen LogP contribution in [0.3, 0.4) is 0 Å². The first-order valence-electron chi connectivity index (χ1n) is 9.15. The standard InChI is InChI=1S/C21H30N2/c1-4-19-10-11-21(17(2)3)23(19)20-12-14-22(15-13-20)16-18-8-6-5-7-9-18/h5-11,17,20H,4,12-16H2,1-3H3. The lowest BCUT2D eigenvalue weighted by molar-refractivity contribution is 0.176. The molecule has 0 saturated carbocycles. The van der Waals surface area contributed by atoms with E-state index in [2.05, 4.69) is 72.7 Å². The zero-order valence-corrected chi connectivity index (χ0v) is 14.8. The van der Waals surface area contributed by atoms with Crippen molar-refractivity contribution in [1.82, 2.24) is 9.47 Å². The highest BCUT2D eigenvalue weighted by atomic mass is 15.2. The number of rotatable bonds is 5. The molecule has 0 spiro atoms. The summed E-state index contributed by atoms with van der Waals surface area (Å²) >= 11 is 0. The largest absolute Gasteiger partial charge is 0.345 e. The van der Waals surface area contributed by atoms with Crippen molar-refractivity contribution in [3.05, 3.63) is 59.4 Å². The molecule has 0 unspecified atom stereocenters. The maximum Gasteiger partial charge on any atom is 0.0360 e. The molecule has 2 heteroatoms. The van der Waals surface area contributed by atoms with Gasteiger partial charge in [-0.3, -0.25) is 4.90 Å². The molecule has 2 heterocycles. The Labute approximate surface area is 141 Å². The zero-order chi connectivity index (χ0) is 16.2. The van der Waals surface area contributed by atoms with Crippen LogP contribution < -0.4 is 0 Å². The van der Waals surface area contributed by atoms with E-state index in [4.69, 9.17) is 0 Å². The van der Waals surface area contributed by atoms with Crippen LogP contribution in [-0.4, -0.2) is 22.6 Å². The van der Waals surface area contributed by atoms with Crippen LogP contribution >= 0.6 is 0 Å². The first-order valence-corrected chi connectivity index (χ1v) is 9.15. The fraction of sp³-hybridized carbons (Fsp3) is 0.524. The molecule has 2 nitrogen and oxygen atoms in total. The summed E-state index contributed by atoms with van der Waals surface area (Å²) in [6.07, 6.45) is 3.68. The van der Waals surface area contributed by atoms with Crippen molar-refractivity contribution in [3.63, 3.8) is 0 Å². The van der Waals surface area contributed by atoms with Gasteiger partial charge in [0.25, 0.3) is 0 Å². The molecule has 1 saturated heterocycles. The summed E-state index contributed by atoms with van der Waals surface area (Å²) in [5.41, 5.74) is 4.46. The molecule has 1 aromatic carbocycles. The molecule has 23 heavy (non-hydrogen) atoms. The summed E-state index contributed by atoms with van der Waals surface area (Å²) in [5.74, 6) is 0.609. The molecule has 1 aliphatic rings. The fourth-order valence-corrected chi connectivity index (χ4v) is 3.89. The van der Waals surface area contributed by atoms with Crippen LogP contribution in [0.5, 0.6) is 0 Å². The molecule has 0 radical (unpaired) electrons. The van der Waals surface area contributed by atoms with Gasteiger partial charge in [-0.05, 0) is 42.9 Å². The van der Waals surface area contributed by atoms with Crippen LogP contribution in [0.25, 0.3) is 0 Å². The Bertz CT molecular complexity index is 604. The van der Waals surface area contributed by atoms with Gasteiger partial charge in [0.1, 0.15) is 0 Å². The number of hydrogen-bond acceptors (Lipinski definition) is 1. The third-order valence-electron chi connectivity index (χ3n) is 5.16. The Morgan fingerprint density at radius 2 is 1.70 bits per heavy atom. The van der Waals surface area contributed by atoms with E-state index in [1.54, 1.807) is 0 Å². The zero-order valence-electron chi connectivity index (χ0n) is 14.8. The van der Waals surface area contributed by atoms with Crippen molar-refractivity contribution in [1.29, 1.82) is 0 Å². The third-order valence-corrected chi connectivity index (χ3v) is 5.16. The molecular formula is C21H30N2. The average molecular weight is 310 g/mol. The normalized spacial score (nSPS) is 17.0. The Balaban J connectivity index is 1.66. The van der Waals surface area contributed by atoms with Gasteiger partial charge in [0, 0.05) is 37.1 Å². The van der Waals surface area contributed by atoms with E-state index in [0.29, 0.717) is 12.0 Å². The van der Waals surface area contributed by atoms with E-state index in [9.17, 15) is 0 Å². The van der Waals surface area contributed by atoms with Crippen LogP contribution in [-0.2, 0) is 13.0 Å². The second-order valence-corrected chi connectivity index (χ2v) is 7.12. The first-order chi connectivity index (χ1) is 11.2. The van der Waals surface area contributed by atoms with Crippen LogP contribution in [0.15, 0.2) is 42.5 Å². The molecule has 0 amide bonds. The van der Waals surface area contributed by atoms with Gasteiger partial charge >= 0.3 is 0 Å². The lowest BCUT2D eigenvalue weighted by Crippen LogP contribution is -2.35. The van der Waals surface area contributed by atoms with Gasteiger partial charge in [0.15, 0.2) is 0 Å². The second-order valence-electron chi connectivity index (χ2n) is 7.12. The van der Waals surface area contributed by atoms with E-state index in [0.717, 1.165) is 13.0 Å². The molecular weight excluding hydrogens is 280 g/mol. The predicted molar refractivity (Wildman–Crippen MR) is 97.9 cm³/mol. The molecule has 0 N–H and O–H groups in total. The molecule has 3 rings (SSSR count).